The van der Waals surface area contributed by atoms with E-state index in [-0.39, 0.29) is 11.4 Å². The van der Waals surface area contributed by atoms with Gasteiger partial charge >= 0.3 is 0 Å². The fourth-order valence-electron chi connectivity index (χ4n) is 1.75. The van der Waals surface area contributed by atoms with Crippen molar-refractivity contribution in [1.82, 2.24) is 0 Å². The van der Waals surface area contributed by atoms with Gasteiger partial charge in [-0.25, -0.2) is 0 Å². The molecule has 0 bridgehead atoms. The average Bonchev–Trinajstić information content (AvgIpc) is 2.23. The first-order valence-corrected chi connectivity index (χ1v) is 5.94. The molecular weight excluding hydrogens is 192 g/mol. The Morgan fingerprint density at radius 3 is 2.93 bits per heavy atom. The molecule has 1 aliphatic rings. The number of hydrogen-bond acceptors (Lipinski definition) is 2. The molecule has 0 radical (unpaired) electrons. The van der Waals surface area contributed by atoms with E-state index in [2.05, 4.69) is 19.1 Å². The molecule has 0 heterocycles. The summed E-state index contributed by atoms with van der Waals surface area (Å²) in [6, 6.07) is 8.03. The summed E-state index contributed by atoms with van der Waals surface area (Å²) in [6.07, 6.45) is 3.86. The fraction of sp³-hybridized carbons (Fsp3) is 0.333. The molecule has 14 heavy (non-hydrogen) atoms. The minimum absolute atomic E-state index is 0.217. The molecule has 0 amide bonds. The zero-order valence-corrected chi connectivity index (χ0v) is 9.00. The zero-order valence-electron chi connectivity index (χ0n) is 8.18. The molecule has 2 rings (SSSR count). The van der Waals surface area contributed by atoms with Crippen LogP contribution in [0.3, 0.4) is 0 Å². The number of aliphatic hydroxyl groups is 1. The Balaban J connectivity index is 2.30. The standard InChI is InChI=1S/C12H14OS/c1-2-14-11-8-7-9-5-3-4-6-10(9)12(11)13/h3-8,11-13H,2H2,1H3/t11-,12+/m1/s1. The van der Waals surface area contributed by atoms with Crippen molar-refractivity contribution < 1.29 is 5.11 Å². The topological polar surface area (TPSA) is 20.2 Å². The van der Waals surface area contributed by atoms with Crippen LogP contribution in [-0.4, -0.2) is 16.1 Å². The van der Waals surface area contributed by atoms with E-state index in [9.17, 15) is 5.11 Å². The summed E-state index contributed by atoms with van der Waals surface area (Å²) in [6.45, 7) is 2.12. The Bertz CT molecular complexity index is 346. The maximum Gasteiger partial charge on any atom is 0.0949 e. The van der Waals surface area contributed by atoms with Gasteiger partial charge in [0.1, 0.15) is 0 Å². The Morgan fingerprint density at radius 1 is 1.36 bits per heavy atom. The molecule has 1 aliphatic carbocycles. The lowest BCUT2D eigenvalue weighted by Crippen LogP contribution is -2.17. The van der Waals surface area contributed by atoms with Crippen LogP contribution in [0.25, 0.3) is 6.08 Å². The number of fused-ring (bicyclic) bond motifs is 1. The van der Waals surface area contributed by atoms with Gasteiger partial charge in [0.2, 0.25) is 0 Å². The first-order chi connectivity index (χ1) is 6.83. The molecule has 0 unspecified atom stereocenters. The third kappa shape index (κ3) is 1.72. The number of benzene rings is 1. The highest BCUT2D eigenvalue weighted by Gasteiger charge is 2.23. The first kappa shape index (κ1) is 9.81. The van der Waals surface area contributed by atoms with Gasteiger partial charge in [-0.15, -0.1) is 0 Å². The van der Waals surface area contributed by atoms with E-state index in [1.807, 2.05) is 24.3 Å². The van der Waals surface area contributed by atoms with Crippen LogP contribution in [0.2, 0.25) is 0 Å². The quantitative estimate of drug-likeness (QED) is 0.803. The van der Waals surface area contributed by atoms with Crippen molar-refractivity contribution in [2.45, 2.75) is 18.3 Å². The summed E-state index contributed by atoms with van der Waals surface area (Å²) in [7, 11) is 0. The second-order valence-electron chi connectivity index (χ2n) is 3.35. The summed E-state index contributed by atoms with van der Waals surface area (Å²) < 4.78 is 0. The van der Waals surface area contributed by atoms with Crippen LogP contribution in [0.4, 0.5) is 0 Å². The van der Waals surface area contributed by atoms with Gasteiger partial charge in [-0.05, 0) is 16.9 Å². The summed E-state index contributed by atoms with van der Waals surface area (Å²) >= 11 is 1.79. The van der Waals surface area contributed by atoms with Crippen LogP contribution in [0, 0.1) is 0 Å². The molecule has 0 aromatic heterocycles. The molecule has 0 aliphatic heterocycles. The molecule has 1 aromatic carbocycles. The molecule has 0 spiro atoms. The van der Waals surface area contributed by atoms with Crippen molar-refractivity contribution in [3.8, 4) is 0 Å². The Kier molecular flexibility index (Phi) is 2.94. The lowest BCUT2D eigenvalue weighted by Gasteiger charge is -2.24. The lowest BCUT2D eigenvalue weighted by molar-refractivity contribution is 0.185. The number of hydrogen-bond donors (Lipinski definition) is 1. The third-order valence-electron chi connectivity index (χ3n) is 2.45. The van der Waals surface area contributed by atoms with Gasteiger partial charge in [0.15, 0.2) is 0 Å². The van der Waals surface area contributed by atoms with Crippen LogP contribution >= 0.6 is 11.8 Å². The highest BCUT2D eigenvalue weighted by atomic mass is 32.2. The van der Waals surface area contributed by atoms with Crippen molar-refractivity contribution >= 4 is 17.8 Å². The van der Waals surface area contributed by atoms with E-state index >= 15 is 0 Å². The molecule has 2 heteroatoms. The lowest BCUT2D eigenvalue weighted by atomic mass is 9.95. The molecule has 0 fully saturated rings. The van der Waals surface area contributed by atoms with Gasteiger partial charge in [0.25, 0.3) is 0 Å². The van der Waals surface area contributed by atoms with Gasteiger partial charge < -0.3 is 5.11 Å². The maximum atomic E-state index is 10.1. The smallest absolute Gasteiger partial charge is 0.0949 e. The van der Waals surface area contributed by atoms with Crippen LogP contribution in [-0.2, 0) is 0 Å². The van der Waals surface area contributed by atoms with Crippen LogP contribution in [0.15, 0.2) is 30.3 Å². The number of aliphatic hydroxyl groups excluding tert-OH is 1. The Morgan fingerprint density at radius 2 is 2.14 bits per heavy atom. The van der Waals surface area contributed by atoms with Gasteiger partial charge in [0, 0.05) is 0 Å². The van der Waals surface area contributed by atoms with Crippen LogP contribution in [0.1, 0.15) is 24.2 Å². The second kappa shape index (κ2) is 4.20. The zero-order chi connectivity index (χ0) is 9.97. The minimum Gasteiger partial charge on any atom is -0.387 e. The van der Waals surface area contributed by atoms with E-state index in [1.165, 1.54) is 0 Å². The van der Waals surface area contributed by atoms with E-state index in [1.54, 1.807) is 11.8 Å². The molecule has 1 nitrogen and oxygen atoms in total. The van der Waals surface area contributed by atoms with E-state index in [4.69, 9.17) is 0 Å². The second-order valence-corrected chi connectivity index (χ2v) is 4.81. The Labute approximate surface area is 88.8 Å². The summed E-state index contributed by atoms with van der Waals surface area (Å²) in [5.41, 5.74) is 2.20. The summed E-state index contributed by atoms with van der Waals surface area (Å²) in [4.78, 5) is 0. The highest BCUT2D eigenvalue weighted by molar-refractivity contribution is 8.00. The van der Waals surface area contributed by atoms with Crippen molar-refractivity contribution in [2.24, 2.45) is 0 Å². The molecule has 1 aromatic rings. The third-order valence-corrected chi connectivity index (χ3v) is 3.58. The Hall–Kier alpha value is -0.730. The van der Waals surface area contributed by atoms with E-state index < -0.39 is 0 Å². The van der Waals surface area contributed by atoms with Crippen LogP contribution in [0.5, 0.6) is 0 Å². The number of thioether (sulfide) groups is 1. The highest BCUT2D eigenvalue weighted by Crippen LogP contribution is 2.34. The van der Waals surface area contributed by atoms with Gasteiger partial charge in [0.05, 0.1) is 11.4 Å². The normalized spacial score (nSPS) is 24.7. The summed E-state index contributed by atoms with van der Waals surface area (Å²) in [5, 5.41) is 10.3. The summed E-state index contributed by atoms with van der Waals surface area (Å²) in [5.74, 6) is 1.04. The predicted octanol–water partition coefficient (Wildman–Crippen LogP) is 2.87. The van der Waals surface area contributed by atoms with Crippen molar-refractivity contribution in [3.63, 3.8) is 0 Å². The number of rotatable bonds is 2. The van der Waals surface area contributed by atoms with E-state index in [0.717, 1.165) is 16.9 Å². The molecule has 1 N–H and O–H groups in total. The monoisotopic (exact) mass is 206 g/mol. The average molecular weight is 206 g/mol. The molecule has 0 saturated heterocycles. The predicted molar refractivity (Wildman–Crippen MR) is 62.4 cm³/mol. The molecular formula is C12H14OS. The SMILES string of the molecule is CCS[C@@H]1C=Cc2ccccc2[C@@H]1O. The maximum absolute atomic E-state index is 10.1. The fourth-order valence-corrected chi connectivity index (χ4v) is 2.66. The van der Waals surface area contributed by atoms with Crippen molar-refractivity contribution in [2.75, 3.05) is 5.75 Å². The largest absolute Gasteiger partial charge is 0.387 e. The van der Waals surface area contributed by atoms with Crippen LogP contribution < -0.4 is 0 Å². The van der Waals surface area contributed by atoms with Gasteiger partial charge in [-0.2, -0.15) is 11.8 Å². The van der Waals surface area contributed by atoms with Gasteiger partial charge in [-0.1, -0.05) is 43.3 Å². The first-order valence-electron chi connectivity index (χ1n) is 4.89. The molecule has 74 valence electrons. The molecule has 0 saturated carbocycles. The van der Waals surface area contributed by atoms with E-state index in [0.29, 0.717) is 0 Å². The van der Waals surface area contributed by atoms with Crippen molar-refractivity contribution in [1.29, 1.82) is 0 Å². The van der Waals surface area contributed by atoms with Crippen molar-refractivity contribution in [3.05, 3.63) is 41.5 Å². The molecule has 2 atom stereocenters. The van der Waals surface area contributed by atoms with Gasteiger partial charge in [-0.3, -0.25) is 0 Å². The minimum atomic E-state index is -0.346.